The molecule has 3 aromatic carbocycles. The van der Waals surface area contributed by atoms with E-state index in [1.165, 1.54) is 4.31 Å². The number of carbonyl (C=O) groups is 1. The molecule has 0 radical (unpaired) electrons. The predicted molar refractivity (Wildman–Crippen MR) is 124 cm³/mol. The Morgan fingerprint density at radius 2 is 1.62 bits per heavy atom. The number of sulfonamides is 1. The third-order valence-corrected chi connectivity index (χ3v) is 7.67. The Labute approximate surface area is 188 Å². The van der Waals surface area contributed by atoms with Crippen molar-refractivity contribution < 1.29 is 17.9 Å². The Kier molecular flexibility index (Phi) is 6.74. The fourth-order valence-electron chi connectivity index (χ4n) is 3.85. The molecule has 1 aliphatic heterocycles. The van der Waals surface area contributed by atoms with Crippen LogP contribution < -0.4 is 10.1 Å². The maximum atomic E-state index is 12.9. The van der Waals surface area contributed by atoms with Gasteiger partial charge in [0.2, 0.25) is 10.0 Å². The molecule has 1 saturated heterocycles. The van der Waals surface area contributed by atoms with Gasteiger partial charge in [0.1, 0.15) is 5.75 Å². The molecule has 0 bridgehead atoms. The van der Waals surface area contributed by atoms with Gasteiger partial charge < -0.3 is 10.1 Å². The molecule has 1 heterocycles. The molecule has 168 valence electrons. The highest BCUT2D eigenvalue weighted by molar-refractivity contribution is 7.89. The lowest BCUT2D eigenvalue weighted by Crippen LogP contribution is -2.50. The van der Waals surface area contributed by atoms with E-state index in [9.17, 15) is 13.2 Å². The lowest BCUT2D eigenvalue weighted by molar-refractivity contribution is 0.0945. The number of rotatable bonds is 7. The number of nitrogens with zero attached hydrogens (tertiary/aromatic N) is 2. The average Bonchev–Trinajstić information content (AvgIpc) is 2.84. The molecule has 0 aromatic heterocycles. The van der Waals surface area contributed by atoms with E-state index in [0.717, 1.165) is 10.8 Å². The third-order valence-electron chi connectivity index (χ3n) is 5.75. The number of benzene rings is 3. The van der Waals surface area contributed by atoms with Crippen LogP contribution in [-0.2, 0) is 10.0 Å². The molecule has 8 heteroatoms. The van der Waals surface area contributed by atoms with Crippen molar-refractivity contribution in [3.05, 3.63) is 72.3 Å². The fourth-order valence-corrected chi connectivity index (χ4v) is 5.27. The number of hydrogen-bond donors (Lipinski definition) is 1. The minimum Gasteiger partial charge on any atom is -0.497 e. The molecule has 0 aliphatic carbocycles. The van der Waals surface area contributed by atoms with Gasteiger partial charge in [0.05, 0.1) is 12.0 Å². The highest BCUT2D eigenvalue weighted by Gasteiger charge is 2.28. The van der Waals surface area contributed by atoms with Crippen LogP contribution in [-0.4, -0.2) is 69.9 Å². The first-order chi connectivity index (χ1) is 15.5. The van der Waals surface area contributed by atoms with Crippen LogP contribution in [0.25, 0.3) is 10.8 Å². The number of fused-ring (bicyclic) bond motifs is 1. The van der Waals surface area contributed by atoms with Crippen LogP contribution in [0.5, 0.6) is 5.75 Å². The van der Waals surface area contributed by atoms with Gasteiger partial charge in [-0.2, -0.15) is 4.31 Å². The molecule has 4 rings (SSSR count). The molecule has 1 N–H and O–H groups in total. The zero-order valence-electron chi connectivity index (χ0n) is 18.0. The zero-order valence-corrected chi connectivity index (χ0v) is 18.8. The first-order valence-electron chi connectivity index (χ1n) is 10.6. The van der Waals surface area contributed by atoms with Gasteiger partial charge in [-0.15, -0.1) is 0 Å². The van der Waals surface area contributed by atoms with E-state index in [4.69, 9.17) is 4.74 Å². The number of hydrogen-bond acceptors (Lipinski definition) is 5. The standard InChI is InChI=1S/C24H27N3O4S/c1-31-22-8-10-23(11-9-22)32(29,30)27-16-14-26(15-17-27)13-12-25-24(28)21-7-6-19-4-2-3-5-20(19)18-21/h2-11,18H,12-17H2,1H3,(H,25,28). The van der Waals surface area contributed by atoms with Crippen LogP contribution in [0.4, 0.5) is 0 Å². The van der Waals surface area contributed by atoms with Crippen LogP contribution in [0, 0.1) is 0 Å². The lowest BCUT2D eigenvalue weighted by atomic mass is 10.1. The van der Waals surface area contributed by atoms with Crippen molar-refractivity contribution in [3.63, 3.8) is 0 Å². The Bertz CT molecular complexity index is 1190. The minimum atomic E-state index is -3.52. The summed E-state index contributed by atoms with van der Waals surface area (Å²) in [6, 6.07) is 20.1. The summed E-state index contributed by atoms with van der Waals surface area (Å²) in [7, 11) is -1.97. The molecule has 1 amide bonds. The maximum absolute atomic E-state index is 12.9. The van der Waals surface area contributed by atoms with Crippen molar-refractivity contribution >= 4 is 26.7 Å². The summed E-state index contributed by atoms with van der Waals surface area (Å²) in [5, 5.41) is 5.10. The van der Waals surface area contributed by atoms with E-state index < -0.39 is 10.0 Å². The first kappa shape index (κ1) is 22.3. The lowest BCUT2D eigenvalue weighted by Gasteiger charge is -2.34. The van der Waals surface area contributed by atoms with E-state index in [1.807, 2.05) is 42.5 Å². The summed E-state index contributed by atoms with van der Waals surface area (Å²) in [5.41, 5.74) is 0.638. The summed E-state index contributed by atoms with van der Waals surface area (Å²) in [5.74, 6) is 0.524. The quantitative estimate of drug-likeness (QED) is 0.595. The van der Waals surface area contributed by atoms with Crippen LogP contribution in [0.2, 0.25) is 0 Å². The number of nitrogens with one attached hydrogen (secondary N) is 1. The zero-order chi connectivity index (χ0) is 22.6. The molecule has 1 aliphatic rings. The van der Waals surface area contributed by atoms with Gasteiger partial charge in [-0.25, -0.2) is 8.42 Å². The van der Waals surface area contributed by atoms with Crippen LogP contribution in [0.15, 0.2) is 71.6 Å². The van der Waals surface area contributed by atoms with Gasteiger partial charge >= 0.3 is 0 Å². The fraction of sp³-hybridized carbons (Fsp3) is 0.292. The second-order valence-electron chi connectivity index (χ2n) is 7.74. The highest BCUT2D eigenvalue weighted by atomic mass is 32.2. The SMILES string of the molecule is COc1ccc(S(=O)(=O)N2CCN(CCNC(=O)c3ccc4ccccc4c3)CC2)cc1. The number of ether oxygens (including phenoxy) is 1. The molecule has 32 heavy (non-hydrogen) atoms. The van der Waals surface area contributed by atoms with Crippen molar-refractivity contribution in [2.75, 3.05) is 46.4 Å². The molecule has 0 saturated carbocycles. The topological polar surface area (TPSA) is 79.0 Å². The van der Waals surface area contributed by atoms with E-state index in [0.29, 0.717) is 50.6 Å². The smallest absolute Gasteiger partial charge is 0.251 e. The van der Waals surface area contributed by atoms with Crippen molar-refractivity contribution in [1.29, 1.82) is 0 Å². The van der Waals surface area contributed by atoms with E-state index in [1.54, 1.807) is 31.4 Å². The van der Waals surface area contributed by atoms with Gasteiger partial charge in [0, 0.05) is 44.8 Å². The number of methoxy groups -OCH3 is 1. The summed E-state index contributed by atoms with van der Waals surface area (Å²) >= 11 is 0. The molecule has 0 unspecified atom stereocenters. The maximum Gasteiger partial charge on any atom is 0.251 e. The second kappa shape index (κ2) is 9.68. The average molecular weight is 454 g/mol. The van der Waals surface area contributed by atoms with Gasteiger partial charge in [-0.05, 0) is 47.2 Å². The molecule has 1 fully saturated rings. The summed E-state index contributed by atoms with van der Waals surface area (Å²) < 4.78 is 32.3. The van der Waals surface area contributed by atoms with Gasteiger partial charge in [-0.3, -0.25) is 9.69 Å². The van der Waals surface area contributed by atoms with E-state index in [-0.39, 0.29) is 10.8 Å². The molecule has 0 atom stereocenters. The number of amides is 1. The van der Waals surface area contributed by atoms with Gasteiger partial charge in [-0.1, -0.05) is 30.3 Å². The summed E-state index contributed by atoms with van der Waals surface area (Å²) in [4.78, 5) is 14.9. The molecular weight excluding hydrogens is 426 g/mol. The highest BCUT2D eigenvalue weighted by Crippen LogP contribution is 2.20. The van der Waals surface area contributed by atoms with Crippen LogP contribution in [0.1, 0.15) is 10.4 Å². The molecule has 7 nitrogen and oxygen atoms in total. The summed E-state index contributed by atoms with van der Waals surface area (Å²) in [6.45, 7) is 3.29. The molecular formula is C24H27N3O4S. The largest absolute Gasteiger partial charge is 0.497 e. The van der Waals surface area contributed by atoms with E-state index >= 15 is 0 Å². The Morgan fingerprint density at radius 1 is 0.938 bits per heavy atom. The first-order valence-corrected chi connectivity index (χ1v) is 12.0. The van der Waals surface area contributed by atoms with Crippen LogP contribution >= 0.6 is 0 Å². The van der Waals surface area contributed by atoms with Crippen molar-refractivity contribution in [3.8, 4) is 5.75 Å². The monoisotopic (exact) mass is 453 g/mol. The van der Waals surface area contributed by atoms with Gasteiger partial charge in [0.25, 0.3) is 5.91 Å². The Hall–Kier alpha value is -2.94. The molecule has 3 aromatic rings. The van der Waals surface area contributed by atoms with Crippen molar-refractivity contribution in [2.45, 2.75) is 4.90 Å². The predicted octanol–water partition coefficient (Wildman–Crippen LogP) is 2.58. The number of carbonyl (C=O) groups excluding carboxylic acids is 1. The normalized spacial score (nSPS) is 15.5. The third kappa shape index (κ3) is 4.93. The Morgan fingerprint density at radius 3 is 2.31 bits per heavy atom. The second-order valence-corrected chi connectivity index (χ2v) is 9.68. The Balaban J connectivity index is 1.26. The van der Waals surface area contributed by atoms with Crippen molar-refractivity contribution in [2.24, 2.45) is 0 Å². The number of piperazine rings is 1. The van der Waals surface area contributed by atoms with Crippen molar-refractivity contribution in [1.82, 2.24) is 14.5 Å². The van der Waals surface area contributed by atoms with Crippen LogP contribution in [0.3, 0.4) is 0 Å². The minimum absolute atomic E-state index is 0.100. The summed E-state index contributed by atoms with van der Waals surface area (Å²) in [6.07, 6.45) is 0. The van der Waals surface area contributed by atoms with Gasteiger partial charge in [0.15, 0.2) is 0 Å². The molecule has 0 spiro atoms. The van der Waals surface area contributed by atoms with E-state index in [2.05, 4.69) is 10.2 Å².